The monoisotopic (exact) mass is 357 g/mol. The fraction of sp³-hybridized carbons (Fsp3) is 0.467. The molecular weight excluding hydrogens is 341 g/mol. The minimum atomic E-state index is -1.30. The SMILES string of the molecule is CC1CCCC(NC(=O)c2cc(Br)ccc2F)(C(=O)O)C1. The number of carboxylic acid groups (broad SMARTS) is 1. The molecule has 0 radical (unpaired) electrons. The third kappa shape index (κ3) is 3.43. The molecule has 0 spiro atoms. The number of halogens is 2. The van der Waals surface area contributed by atoms with Gasteiger partial charge < -0.3 is 10.4 Å². The minimum absolute atomic E-state index is 0.150. The molecular formula is C15H17BrFNO3. The summed E-state index contributed by atoms with van der Waals surface area (Å²) in [4.78, 5) is 23.9. The number of carboxylic acids is 1. The van der Waals surface area contributed by atoms with E-state index in [1.165, 1.54) is 18.2 Å². The zero-order valence-electron chi connectivity index (χ0n) is 11.7. The van der Waals surface area contributed by atoms with Crippen molar-refractivity contribution in [2.75, 3.05) is 0 Å². The molecule has 1 aromatic rings. The van der Waals surface area contributed by atoms with Gasteiger partial charge in [0.05, 0.1) is 5.56 Å². The van der Waals surface area contributed by atoms with Gasteiger partial charge in [-0.2, -0.15) is 0 Å². The number of nitrogens with one attached hydrogen (secondary N) is 1. The van der Waals surface area contributed by atoms with Crippen LogP contribution in [0.2, 0.25) is 0 Å². The van der Waals surface area contributed by atoms with Gasteiger partial charge in [-0.3, -0.25) is 4.79 Å². The summed E-state index contributed by atoms with van der Waals surface area (Å²) in [5, 5.41) is 12.1. The summed E-state index contributed by atoms with van der Waals surface area (Å²) in [7, 11) is 0. The van der Waals surface area contributed by atoms with E-state index in [4.69, 9.17) is 0 Å². The normalized spacial score (nSPS) is 25.4. The Labute approximate surface area is 130 Å². The van der Waals surface area contributed by atoms with Gasteiger partial charge in [-0.25, -0.2) is 9.18 Å². The van der Waals surface area contributed by atoms with Crippen LogP contribution in [0.25, 0.3) is 0 Å². The van der Waals surface area contributed by atoms with Gasteiger partial charge in [-0.15, -0.1) is 0 Å². The first-order valence-electron chi connectivity index (χ1n) is 6.85. The molecule has 1 amide bonds. The average molecular weight is 358 g/mol. The van der Waals surface area contributed by atoms with Crippen molar-refractivity contribution in [3.05, 3.63) is 34.1 Å². The number of carbonyl (C=O) groups is 2. The van der Waals surface area contributed by atoms with Crippen molar-refractivity contribution in [1.29, 1.82) is 0 Å². The second-order valence-electron chi connectivity index (χ2n) is 5.67. The topological polar surface area (TPSA) is 66.4 Å². The number of aliphatic carboxylic acids is 1. The summed E-state index contributed by atoms with van der Waals surface area (Å²) in [5.41, 5.74) is -1.45. The minimum Gasteiger partial charge on any atom is -0.480 e. The molecule has 1 aromatic carbocycles. The van der Waals surface area contributed by atoms with Gasteiger partial charge in [0.2, 0.25) is 0 Å². The van der Waals surface area contributed by atoms with Crippen LogP contribution < -0.4 is 5.32 Å². The molecule has 0 aliphatic heterocycles. The number of rotatable bonds is 3. The van der Waals surface area contributed by atoms with Crippen LogP contribution in [0, 0.1) is 11.7 Å². The van der Waals surface area contributed by atoms with E-state index in [1.54, 1.807) is 0 Å². The predicted molar refractivity (Wildman–Crippen MR) is 79.6 cm³/mol. The van der Waals surface area contributed by atoms with E-state index in [9.17, 15) is 19.1 Å². The second-order valence-corrected chi connectivity index (χ2v) is 6.58. The lowest BCUT2D eigenvalue weighted by Gasteiger charge is -2.37. The van der Waals surface area contributed by atoms with Crippen LogP contribution in [0.1, 0.15) is 43.0 Å². The summed E-state index contributed by atoms with van der Waals surface area (Å²) in [6.07, 6.45) is 2.41. The first kappa shape index (κ1) is 15.9. The van der Waals surface area contributed by atoms with E-state index in [0.29, 0.717) is 17.3 Å². The third-order valence-electron chi connectivity index (χ3n) is 3.93. The molecule has 1 saturated carbocycles. The Hall–Kier alpha value is -1.43. The van der Waals surface area contributed by atoms with Crippen LogP contribution in [0.3, 0.4) is 0 Å². The third-order valence-corrected chi connectivity index (χ3v) is 4.43. The molecule has 2 rings (SSSR count). The Kier molecular flexibility index (Phi) is 4.66. The average Bonchev–Trinajstić information content (AvgIpc) is 2.41. The number of benzene rings is 1. The molecule has 2 N–H and O–H groups in total. The van der Waals surface area contributed by atoms with Gasteiger partial charge in [0.25, 0.3) is 5.91 Å². The molecule has 0 aromatic heterocycles. The lowest BCUT2D eigenvalue weighted by molar-refractivity contribution is -0.146. The maximum atomic E-state index is 13.7. The number of hydrogen-bond acceptors (Lipinski definition) is 2. The maximum Gasteiger partial charge on any atom is 0.329 e. The quantitative estimate of drug-likeness (QED) is 0.871. The first-order chi connectivity index (χ1) is 9.84. The van der Waals surface area contributed by atoms with Crippen molar-refractivity contribution in [1.82, 2.24) is 5.32 Å². The largest absolute Gasteiger partial charge is 0.480 e. The van der Waals surface area contributed by atoms with Crippen LogP contribution in [0.15, 0.2) is 22.7 Å². The fourth-order valence-corrected chi connectivity index (χ4v) is 3.23. The standard InChI is InChI=1S/C15H17BrFNO3/c1-9-3-2-6-15(8-9,14(20)21)18-13(19)11-7-10(16)4-5-12(11)17/h4-5,7,9H,2-3,6,8H2,1H3,(H,18,19)(H,20,21). The van der Waals surface area contributed by atoms with Crippen molar-refractivity contribution in [2.45, 2.75) is 38.1 Å². The molecule has 1 fully saturated rings. The Bertz CT molecular complexity index is 578. The van der Waals surface area contributed by atoms with Crippen molar-refractivity contribution in [3.8, 4) is 0 Å². The molecule has 21 heavy (non-hydrogen) atoms. The first-order valence-corrected chi connectivity index (χ1v) is 7.64. The van der Waals surface area contributed by atoms with E-state index >= 15 is 0 Å². The number of amides is 1. The van der Waals surface area contributed by atoms with E-state index in [2.05, 4.69) is 21.2 Å². The van der Waals surface area contributed by atoms with Gasteiger partial charge >= 0.3 is 5.97 Å². The van der Waals surface area contributed by atoms with Gasteiger partial charge in [0.1, 0.15) is 11.4 Å². The van der Waals surface area contributed by atoms with Gasteiger partial charge in [-0.05, 0) is 37.0 Å². The molecule has 114 valence electrons. The zero-order valence-corrected chi connectivity index (χ0v) is 13.2. The van der Waals surface area contributed by atoms with Crippen molar-refractivity contribution < 1.29 is 19.1 Å². The van der Waals surface area contributed by atoms with Crippen LogP contribution in [-0.2, 0) is 4.79 Å². The van der Waals surface area contributed by atoms with E-state index in [1.807, 2.05) is 6.92 Å². The molecule has 4 nitrogen and oxygen atoms in total. The molecule has 2 unspecified atom stereocenters. The summed E-state index contributed by atoms with van der Waals surface area (Å²) in [5.74, 6) is -2.20. The van der Waals surface area contributed by atoms with Gasteiger partial charge in [0, 0.05) is 4.47 Å². The van der Waals surface area contributed by atoms with Gasteiger partial charge in [0.15, 0.2) is 0 Å². The number of hydrogen-bond donors (Lipinski definition) is 2. The van der Waals surface area contributed by atoms with Crippen molar-refractivity contribution in [3.63, 3.8) is 0 Å². The molecule has 2 atom stereocenters. The maximum absolute atomic E-state index is 13.7. The summed E-state index contributed by atoms with van der Waals surface area (Å²) in [6.45, 7) is 1.96. The molecule has 0 bridgehead atoms. The van der Waals surface area contributed by atoms with E-state index < -0.39 is 23.2 Å². The van der Waals surface area contributed by atoms with Crippen LogP contribution in [-0.4, -0.2) is 22.5 Å². The Morgan fingerprint density at radius 1 is 1.48 bits per heavy atom. The predicted octanol–water partition coefficient (Wildman–Crippen LogP) is 3.35. The molecule has 6 heteroatoms. The van der Waals surface area contributed by atoms with E-state index in [-0.39, 0.29) is 11.5 Å². The summed E-state index contributed by atoms with van der Waals surface area (Å²) < 4.78 is 14.3. The molecule has 0 saturated heterocycles. The lowest BCUT2D eigenvalue weighted by atomic mass is 9.76. The van der Waals surface area contributed by atoms with Gasteiger partial charge in [-0.1, -0.05) is 35.7 Å². The van der Waals surface area contributed by atoms with Crippen LogP contribution >= 0.6 is 15.9 Å². The highest BCUT2D eigenvalue weighted by Crippen LogP contribution is 2.33. The highest BCUT2D eigenvalue weighted by Gasteiger charge is 2.43. The van der Waals surface area contributed by atoms with E-state index in [0.717, 1.165) is 12.8 Å². The fourth-order valence-electron chi connectivity index (χ4n) is 2.87. The summed E-state index contributed by atoms with van der Waals surface area (Å²) >= 11 is 3.18. The molecule has 1 aliphatic carbocycles. The van der Waals surface area contributed by atoms with Crippen LogP contribution in [0.5, 0.6) is 0 Å². The smallest absolute Gasteiger partial charge is 0.329 e. The van der Waals surface area contributed by atoms with Crippen molar-refractivity contribution >= 4 is 27.8 Å². The number of carbonyl (C=O) groups excluding carboxylic acids is 1. The van der Waals surface area contributed by atoms with Crippen LogP contribution in [0.4, 0.5) is 4.39 Å². The lowest BCUT2D eigenvalue weighted by Crippen LogP contribution is -2.56. The highest BCUT2D eigenvalue weighted by atomic mass is 79.9. The molecule has 1 aliphatic rings. The molecule has 0 heterocycles. The van der Waals surface area contributed by atoms with Crippen molar-refractivity contribution in [2.24, 2.45) is 5.92 Å². The zero-order chi connectivity index (χ0) is 15.6. The Balaban J connectivity index is 2.27. The highest BCUT2D eigenvalue weighted by molar-refractivity contribution is 9.10. The Morgan fingerprint density at radius 2 is 2.19 bits per heavy atom. The Morgan fingerprint density at radius 3 is 2.81 bits per heavy atom. The summed E-state index contributed by atoms with van der Waals surface area (Å²) in [6, 6.07) is 4.02. The second kappa shape index (κ2) is 6.13.